The fraction of sp³-hybridized carbons (Fsp3) is 0.500. The maximum absolute atomic E-state index is 12.9. The summed E-state index contributed by atoms with van der Waals surface area (Å²) in [5.41, 5.74) is 0.506. The maximum atomic E-state index is 12.9. The van der Waals surface area contributed by atoms with E-state index in [4.69, 9.17) is 0 Å². The first-order chi connectivity index (χ1) is 10.1. The molecule has 0 aromatic heterocycles. The molecule has 2 bridgehead atoms. The fourth-order valence-electron chi connectivity index (χ4n) is 3.94. The van der Waals surface area contributed by atoms with Crippen molar-refractivity contribution in [2.75, 3.05) is 5.32 Å². The van der Waals surface area contributed by atoms with Gasteiger partial charge in [-0.15, -0.1) is 0 Å². The van der Waals surface area contributed by atoms with Crippen molar-refractivity contribution in [3.05, 3.63) is 30.1 Å². The Bertz CT molecular complexity index is 549. The number of carbonyl (C=O) groups excluding carboxylic acids is 1. The van der Waals surface area contributed by atoms with Crippen LogP contribution in [0.4, 0.5) is 10.1 Å². The van der Waals surface area contributed by atoms with Crippen LogP contribution in [-0.2, 0) is 9.59 Å². The highest BCUT2D eigenvalue weighted by molar-refractivity contribution is 5.95. The van der Waals surface area contributed by atoms with Crippen LogP contribution >= 0.6 is 0 Å². The molecule has 21 heavy (non-hydrogen) atoms. The molecule has 3 aliphatic rings. The number of nitrogens with one attached hydrogen (secondary N) is 1. The predicted octanol–water partition coefficient (Wildman–Crippen LogP) is 2.90. The molecule has 2 N–H and O–H groups in total. The minimum atomic E-state index is -0.872. The lowest BCUT2D eigenvalue weighted by molar-refractivity contribution is -0.156. The number of anilines is 1. The molecule has 1 aromatic carbocycles. The molecule has 5 heteroatoms. The van der Waals surface area contributed by atoms with Gasteiger partial charge in [0.25, 0.3) is 0 Å². The number of hydrogen-bond donors (Lipinski definition) is 2. The van der Waals surface area contributed by atoms with Gasteiger partial charge in [0.05, 0.1) is 11.8 Å². The number of aliphatic carboxylic acids is 1. The second-order valence-corrected chi connectivity index (χ2v) is 6.06. The van der Waals surface area contributed by atoms with E-state index in [0.29, 0.717) is 5.69 Å². The van der Waals surface area contributed by atoms with Crippen molar-refractivity contribution in [3.8, 4) is 0 Å². The Labute approximate surface area is 122 Å². The number of hydrogen-bond acceptors (Lipinski definition) is 2. The summed E-state index contributed by atoms with van der Waals surface area (Å²) in [5, 5.41) is 12.2. The number of carbonyl (C=O) groups is 2. The maximum Gasteiger partial charge on any atom is 0.307 e. The number of amides is 1. The molecule has 0 aliphatic heterocycles. The van der Waals surface area contributed by atoms with Gasteiger partial charge in [-0.1, -0.05) is 0 Å². The van der Waals surface area contributed by atoms with Crippen LogP contribution in [0.5, 0.6) is 0 Å². The molecule has 4 rings (SSSR count). The van der Waals surface area contributed by atoms with E-state index in [1.54, 1.807) is 0 Å². The molecule has 2 atom stereocenters. The third-order valence-corrected chi connectivity index (χ3v) is 4.92. The Morgan fingerprint density at radius 3 is 2.05 bits per heavy atom. The molecule has 3 saturated carbocycles. The molecule has 0 unspecified atom stereocenters. The zero-order chi connectivity index (χ0) is 15.0. The SMILES string of the molecule is O=C(O)[C@@H]1C2CCC(CC2)[C@@H]1C(=O)Nc1ccc(F)cc1. The van der Waals surface area contributed by atoms with Crippen molar-refractivity contribution in [2.24, 2.45) is 23.7 Å². The Morgan fingerprint density at radius 2 is 1.52 bits per heavy atom. The molecular formula is C16H18FNO3. The van der Waals surface area contributed by atoms with Crippen molar-refractivity contribution in [2.45, 2.75) is 25.7 Å². The van der Waals surface area contributed by atoms with Crippen LogP contribution in [-0.4, -0.2) is 17.0 Å². The number of rotatable bonds is 3. The summed E-state index contributed by atoms with van der Waals surface area (Å²) in [4.78, 5) is 24.0. The van der Waals surface area contributed by atoms with Crippen LogP contribution in [0.15, 0.2) is 24.3 Å². The molecule has 4 nitrogen and oxygen atoms in total. The number of benzene rings is 1. The summed E-state index contributed by atoms with van der Waals surface area (Å²) < 4.78 is 12.9. The lowest BCUT2D eigenvalue weighted by atomic mass is 9.58. The van der Waals surface area contributed by atoms with E-state index in [1.807, 2.05) is 0 Å². The summed E-state index contributed by atoms with van der Waals surface area (Å²) in [6.45, 7) is 0. The van der Waals surface area contributed by atoms with Crippen LogP contribution in [0.1, 0.15) is 25.7 Å². The van der Waals surface area contributed by atoms with E-state index >= 15 is 0 Å². The molecular weight excluding hydrogens is 273 g/mol. The molecule has 1 aromatic rings. The highest BCUT2D eigenvalue weighted by atomic mass is 19.1. The van der Waals surface area contributed by atoms with Gasteiger partial charge < -0.3 is 10.4 Å². The largest absolute Gasteiger partial charge is 0.481 e. The van der Waals surface area contributed by atoms with Gasteiger partial charge in [-0.25, -0.2) is 4.39 Å². The van der Waals surface area contributed by atoms with Gasteiger partial charge >= 0.3 is 5.97 Å². The van der Waals surface area contributed by atoms with Crippen molar-refractivity contribution in [1.82, 2.24) is 0 Å². The molecule has 0 spiro atoms. The predicted molar refractivity (Wildman–Crippen MR) is 75.1 cm³/mol. The first kappa shape index (κ1) is 14.0. The van der Waals surface area contributed by atoms with Crippen molar-refractivity contribution >= 4 is 17.6 Å². The highest BCUT2D eigenvalue weighted by Gasteiger charge is 2.50. The highest BCUT2D eigenvalue weighted by Crippen LogP contribution is 2.49. The van der Waals surface area contributed by atoms with Crippen LogP contribution in [0.2, 0.25) is 0 Å². The molecule has 3 fully saturated rings. The van der Waals surface area contributed by atoms with Crippen LogP contribution in [0.3, 0.4) is 0 Å². The molecule has 1 amide bonds. The number of carboxylic acid groups (broad SMARTS) is 1. The molecule has 0 heterocycles. The average Bonchev–Trinajstić information content (AvgIpc) is 2.49. The molecule has 0 saturated heterocycles. The van der Waals surface area contributed by atoms with Crippen LogP contribution < -0.4 is 5.32 Å². The van der Waals surface area contributed by atoms with Gasteiger partial charge in [0.2, 0.25) is 5.91 Å². The van der Waals surface area contributed by atoms with Crippen molar-refractivity contribution in [1.29, 1.82) is 0 Å². The van der Waals surface area contributed by atoms with Crippen LogP contribution in [0.25, 0.3) is 0 Å². The van der Waals surface area contributed by atoms with Crippen molar-refractivity contribution in [3.63, 3.8) is 0 Å². The second kappa shape index (κ2) is 5.47. The van der Waals surface area contributed by atoms with E-state index in [2.05, 4.69) is 5.32 Å². The molecule has 3 aliphatic carbocycles. The summed E-state index contributed by atoms with van der Waals surface area (Å²) in [7, 11) is 0. The van der Waals surface area contributed by atoms with Gasteiger partial charge in [-0.2, -0.15) is 0 Å². The zero-order valence-corrected chi connectivity index (χ0v) is 11.6. The normalized spacial score (nSPS) is 30.9. The minimum Gasteiger partial charge on any atom is -0.481 e. The summed E-state index contributed by atoms with van der Waals surface area (Å²) in [6, 6.07) is 5.53. The van der Waals surface area contributed by atoms with Gasteiger partial charge in [0.1, 0.15) is 5.82 Å². The Balaban J connectivity index is 1.78. The fourth-order valence-corrected chi connectivity index (χ4v) is 3.94. The number of carboxylic acids is 1. The Hall–Kier alpha value is -1.91. The second-order valence-electron chi connectivity index (χ2n) is 6.06. The summed E-state index contributed by atoms with van der Waals surface area (Å²) >= 11 is 0. The topological polar surface area (TPSA) is 66.4 Å². The Kier molecular flexibility index (Phi) is 3.66. The third-order valence-electron chi connectivity index (χ3n) is 4.92. The van der Waals surface area contributed by atoms with Crippen molar-refractivity contribution < 1.29 is 19.1 Å². The van der Waals surface area contributed by atoms with Gasteiger partial charge in [0, 0.05) is 5.69 Å². The monoisotopic (exact) mass is 291 g/mol. The Morgan fingerprint density at radius 1 is 1.00 bits per heavy atom. The zero-order valence-electron chi connectivity index (χ0n) is 11.6. The molecule has 112 valence electrons. The van der Waals surface area contributed by atoms with Crippen LogP contribution in [0, 0.1) is 29.5 Å². The summed E-state index contributed by atoms with van der Waals surface area (Å²) in [6.07, 6.45) is 3.66. The number of halogens is 1. The lowest BCUT2D eigenvalue weighted by Gasteiger charge is -2.45. The van der Waals surface area contributed by atoms with Gasteiger partial charge in [-0.05, 0) is 61.8 Å². The van der Waals surface area contributed by atoms with E-state index < -0.39 is 17.8 Å². The molecule has 0 radical (unpaired) electrons. The summed E-state index contributed by atoms with van der Waals surface area (Å²) in [5.74, 6) is -2.29. The van der Waals surface area contributed by atoms with E-state index in [-0.39, 0.29) is 23.6 Å². The third kappa shape index (κ3) is 2.64. The first-order valence-corrected chi connectivity index (χ1v) is 7.35. The van der Waals surface area contributed by atoms with E-state index in [9.17, 15) is 19.1 Å². The standard InChI is InChI=1S/C16H18FNO3/c17-11-5-7-12(8-6-11)18-15(19)13-9-1-3-10(4-2-9)14(13)16(20)21/h5-10,13-14H,1-4H2,(H,18,19)(H,20,21)/t9?,10?,13-,14+/m0/s1. The average molecular weight is 291 g/mol. The van der Waals surface area contributed by atoms with Gasteiger partial charge in [-0.3, -0.25) is 9.59 Å². The first-order valence-electron chi connectivity index (χ1n) is 7.35. The van der Waals surface area contributed by atoms with E-state index in [0.717, 1.165) is 25.7 Å². The smallest absolute Gasteiger partial charge is 0.307 e. The van der Waals surface area contributed by atoms with Gasteiger partial charge in [0.15, 0.2) is 0 Å². The number of fused-ring (bicyclic) bond motifs is 3. The minimum absolute atomic E-state index is 0.108. The lowest BCUT2D eigenvalue weighted by Crippen LogP contribution is -2.49. The van der Waals surface area contributed by atoms with E-state index in [1.165, 1.54) is 24.3 Å². The quantitative estimate of drug-likeness (QED) is 0.900.